The molecule has 0 spiro atoms. The van der Waals surface area contributed by atoms with Crippen LogP contribution in [0.4, 0.5) is 15.0 Å². The molecule has 2 aromatic heterocycles. The number of nitrogen functional groups attached to an aromatic ring is 1. The Morgan fingerprint density at radius 2 is 1.86 bits per heavy atom. The first-order valence-electron chi connectivity index (χ1n) is 13.6. The van der Waals surface area contributed by atoms with Gasteiger partial charge in [-0.05, 0) is 50.5 Å². The van der Waals surface area contributed by atoms with Gasteiger partial charge in [-0.15, -0.1) is 0 Å². The fraction of sp³-hybridized carbons (Fsp3) is 0.367. The van der Waals surface area contributed by atoms with Crippen LogP contribution in [0.15, 0.2) is 48.8 Å². The van der Waals surface area contributed by atoms with Crippen molar-refractivity contribution >= 4 is 28.9 Å². The number of likely N-dealkylation sites (tertiary alicyclic amines) is 1. The number of nitrogens with one attached hydrogen (secondary N) is 1. The molecule has 2 aromatic carbocycles. The van der Waals surface area contributed by atoms with Crippen LogP contribution in [0.25, 0.3) is 22.3 Å². The summed E-state index contributed by atoms with van der Waals surface area (Å²) in [6, 6.07) is 11.2. The number of anilines is 1. The summed E-state index contributed by atoms with van der Waals surface area (Å²) in [7, 11) is 1.43. The normalized spacial score (nSPS) is 17.0. The van der Waals surface area contributed by atoms with Gasteiger partial charge in [0.25, 0.3) is 5.91 Å². The molecule has 5 rings (SSSR count). The molecule has 0 aliphatic carbocycles. The van der Waals surface area contributed by atoms with E-state index < -0.39 is 17.3 Å². The first-order chi connectivity index (χ1) is 19.9. The second-order valence-electron chi connectivity index (χ2n) is 11.4. The Morgan fingerprint density at radius 3 is 2.55 bits per heavy atom. The zero-order chi connectivity index (χ0) is 30.2. The maximum Gasteiger partial charge on any atom is 0.410 e. The van der Waals surface area contributed by atoms with Crippen molar-refractivity contribution in [3.63, 3.8) is 0 Å². The Hall–Kier alpha value is -4.74. The number of benzene rings is 2. The fourth-order valence-electron chi connectivity index (χ4n) is 5.09. The van der Waals surface area contributed by atoms with Gasteiger partial charge in [0.05, 0.1) is 24.1 Å². The molecule has 1 saturated heterocycles. The van der Waals surface area contributed by atoms with Gasteiger partial charge < -0.3 is 25.4 Å². The molecule has 3 N–H and O–H groups in total. The number of fused-ring (bicyclic) bond motifs is 1. The third-order valence-corrected chi connectivity index (χ3v) is 7.14. The smallest absolute Gasteiger partial charge is 0.410 e. The van der Waals surface area contributed by atoms with Crippen LogP contribution in [-0.4, -0.2) is 62.4 Å². The van der Waals surface area contributed by atoms with E-state index in [1.165, 1.54) is 25.6 Å². The van der Waals surface area contributed by atoms with Crippen molar-refractivity contribution in [2.24, 2.45) is 5.92 Å². The van der Waals surface area contributed by atoms with Gasteiger partial charge in [-0.25, -0.2) is 23.8 Å². The van der Waals surface area contributed by atoms with E-state index in [1.54, 1.807) is 4.90 Å². The van der Waals surface area contributed by atoms with Crippen molar-refractivity contribution in [3.05, 3.63) is 65.7 Å². The lowest BCUT2D eigenvalue weighted by atomic mass is 10.1. The maximum absolute atomic E-state index is 13.7. The second kappa shape index (κ2) is 11.3. The Morgan fingerprint density at radius 1 is 1.12 bits per heavy atom. The Kier molecular flexibility index (Phi) is 7.72. The van der Waals surface area contributed by atoms with Gasteiger partial charge in [0.2, 0.25) is 0 Å². The number of nitrogens with two attached hydrogens (primary N) is 1. The topological polar surface area (TPSA) is 137 Å². The van der Waals surface area contributed by atoms with E-state index in [4.69, 9.17) is 20.3 Å². The molecule has 11 nitrogen and oxygen atoms in total. The number of aromatic nitrogens is 4. The zero-order valence-electron chi connectivity index (χ0n) is 24.2. The number of ether oxygens (including phenoxy) is 2. The van der Waals surface area contributed by atoms with Crippen LogP contribution in [0.2, 0.25) is 0 Å². The number of rotatable bonds is 6. The molecule has 42 heavy (non-hydrogen) atoms. The molecule has 0 bridgehead atoms. The Bertz CT molecular complexity index is 1630. The summed E-state index contributed by atoms with van der Waals surface area (Å²) in [6.07, 6.45) is 1.05. The van der Waals surface area contributed by atoms with Crippen molar-refractivity contribution in [2.75, 3.05) is 25.9 Å². The summed E-state index contributed by atoms with van der Waals surface area (Å²) in [5, 5.41) is 8.35. The summed E-state index contributed by atoms with van der Waals surface area (Å²) in [5.41, 5.74) is 8.66. The second-order valence-corrected chi connectivity index (χ2v) is 11.4. The molecule has 12 heteroatoms. The van der Waals surface area contributed by atoms with Crippen LogP contribution >= 0.6 is 0 Å². The number of halogens is 1. The lowest BCUT2D eigenvalue weighted by Gasteiger charge is -2.24. The lowest BCUT2D eigenvalue weighted by Crippen LogP contribution is -2.35. The molecule has 0 saturated carbocycles. The predicted molar refractivity (Wildman–Crippen MR) is 155 cm³/mol. The average Bonchev–Trinajstić information content (AvgIpc) is 3.52. The molecule has 2 atom stereocenters. The standard InChI is InChI=1S/C30H34FN7O4/c1-17-14-37(29(40)42-30(2,3)4)15-22(17)38-27-24(26(32)34-16-35-27)25(36-38)19-8-6-18(7-9-19)13-33-28(39)21-12-20(31)10-11-23(21)41-5/h6-12,16-17,22H,13-15H2,1-5H3,(H,33,39)(H2,32,34,35). The number of carbonyl (C=O) groups is 2. The summed E-state index contributed by atoms with van der Waals surface area (Å²) < 4.78 is 26.3. The SMILES string of the molecule is COc1ccc(F)cc1C(=O)NCc1ccc(-c2nn(C3CN(C(=O)OC(C)(C)C)CC3C)c3ncnc(N)c23)cc1. The first kappa shape index (κ1) is 28.8. The molecule has 2 unspecified atom stereocenters. The van der Waals surface area contributed by atoms with E-state index >= 15 is 0 Å². The summed E-state index contributed by atoms with van der Waals surface area (Å²) in [6.45, 7) is 8.76. The van der Waals surface area contributed by atoms with E-state index in [1.807, 2.05) is 49.7 Å². The number of amides is 2. The van der Waals surface area contributed by atoms with E-state index in [9.17, 15) is 14.0 Å². The Balaban J connectivity index is 1.38. The highest BCUT2D eigenvalue weighted by molar-refractivity contribution is 5.98. The third kappa shape index (κ3) is 5.83. The molecule has 1 aliphatic rings. The first-order valence-corrected chi connectivity index (χ1v) is 13.6. The minimum atomic E-state index is -0.590. The van der Waals surface area contributed by atoms with E-state index in [-0.39, 0.29) is 35.9 Å². The highest BCUT2D eigenvalue weighted by Crippen LogP contribution is 2.36. The van der Waals surface area contributed by atoms with E-state index in [0.29, 0.717) is 35.6 Å². The van der Waals surface area contributed by atoms with Crippen LogP contribution in [0.3, 0.4) is 0 Å². The van der Waals surface area contributed by atoms with Gasteiger partial charge in [0.1, 0.15) is 35.0 Å². The van der Waals surface area contributed by atoms with E-state index in [0.717, 1.165) is 17.2 Å². The van der Waals surface area contributed by atoms with Crippen molar-refractivity contribution in [2.45, 2.75) is 45.9 Å². The molecule has 220 valence electrons. The summed E-state index contributed by atoms with van der Waals surface area (Å²) >= 11 is 0. The largest absolute Gasteiger partial charge is 0.496 e. The maximum atomic E-state index is 13.7. The average molecular weight is 576 g/mol. The van der Waals surface area contributed by atoms with Gasteiger partial charge in [-0.2, -0.15) is 5.10 Å². The van der Waals surface area contributed by atoms with Crippen LogP contribution in [0, 0.1) is 11.7 Å². The summed E-state index contributed by atoms with van der Waals surface area (Å²) in [4.78, 5) is 35.8. The van der Waals surface area contributed by atoms with Crippen molar-refractivity contribution in [3.8, 4) is 17.0 Å². The number of hydrogen-bond acceptors (Lipinski definition) is 8. The number of hydrogen-bond donors (Lipinski definition) is 2. The van der Waals surface area contributed by atoms with Crippen LogP contribution in [0.1, 0.15) is 49.7 Å². The van der Waals surface area contributed by atoms with Crippen LogP contribution in [0.5, 0.6) is 5.75 Å². The Labute approximate surface area is 242 Å². The summed E-state index contributed by atoms with van der Waals surface area (Å²) in [5.74, 6) is -0.290. The highest BCUT2D eigenvalue weighted by atomic mass is 19.1. The molecule has 4 aromatic rings. The monoisotopic (exact) mass is 575 g/mol. The zero-order valence-corrected chi connectivity index (χ0v) is 24.2. The molecule has 0 radical (unpaired) electrons. The third-order valence-electron chi connectivity index (χ3n) is 7.14. The minimum Gasteiger partial charge on any atom is -0.496 e. The van der Waals surface area contributed by atoms with Gasteiger partial charge in [0.15, 0.2) is 5.65 Å². The minimum absolute atomic E-state index is 0.0901. The van der Waals surface area contributed by atoms with Crippen LogP contribution < -0.4 is 15.8 Å². The fourth-order valence-corrected chi connectivity index (χ4v) is 5.09. The molecule has 3 heterocycles. The van der Waals surface area contributed by atoms with Gasteiger partial charge in [0, 0.05) is 25.2 Å². The molecular weight excluding hydrogens is 541 g/mol. The molecule has 1 fully saturated rings. The van der Waals surface area contributed by atoms with E-state index in [2.05, 4.69) is 22.2 Å². The van der Waals surface area contributed by atoms with Crippen molar-refractivity contribution < 1.29 is 23.5 Å². The number of methoxy groups -OCH3 is 1. The lowest BCUT2D eigenvalue weighted by molar-refractivity contribution is 0.0284. The van der Waals surface area contributed by atoms with Crippen molar-refractivity contribution in [1.82, 2.24) is 30.0 Å². The quantitative estimate of drug-likeness (QED) is 0.341. The molecule has 2 amide bonds. The molecular formula is C30H34FN7O4. The predicted octanol–water partition coefficient (Wildman–Crippen LogP) is 4.58. The van der Waals surface area contributed by atoms with Crippen LogP contribution in [-0.2, 0) is 11.3 Å². The van der Waals surface area contributed by atoms with Crippen molar-refractivity contribution in [1.29, 1.82) is 0 Å². The molecule has 1 aliphatic heterocycles. The van der Waals surface area contributed by atoms with Gasteiger partial charge in [-0.1, -0.05) is 31.2 Å². The van der Waals surface area contributed by atoms with Gasteiger partial charge in [-0.3, -0.25) is 4.79 Å². The number of carbonyl (C=O) groups excluding carboxylic acids is 2. The van der Waals surface area contributed by atoms with Gasteiger partial charge >= 0.3 is 6.09 Å². The number of nitrogens with zero attached hydrogens (tertiary/aromatic N) is 5. The highest BCUT2D eigenvalue weighted by Gasteiger charge is 2.38.